The zero-order chi connectivity index (χ0) is 19.9. The van der Waals surface area contributed by atoms with Crippen LogP contribution in [0.2, 0.25) is 0 Å². The number of carbonyl (C=O) groups excluding carboxylic acids is 2. The third-order valence-corrected chi connectivity index (χ3v) is 3.07. The smallest absolute Gasteiger partial charge is 0.306 e. The number of ether oxygens (including phenoxy) is 1. The van der Waals surface area contributed by atoms with Crippen LogP contribution in [-0.2, 0) is 14.3 Å². The standard InChI is InChI=1S/C14H22O4.C5H14NO/c1-11(2)5-4-6-12(3)9-10-18-14(17)8-7-13(15)16;1-6(2,3)4-5-7/h5,9H,4,6-8,10H2,1-3H3,(H,15,16);7H,4-5H2,1-3H3/q;+1/p-1/b12-9+;. The van der Waals surface area contributed by atoms with Gasteiger partial charge < -0.3 is 24.2 Å². The summed E-state index contributed by atoms with van der Waals surface area (Å²) in [6.07, 6.45) is 5.49. The molecule has 0 bridgehead atoms. The molecule has 0 aromatic carbocycles. The number of aliphatic hydroxyl groups excluding tert-OH is 1. The van der Waals surface area contributed by atoms with E-state index in [1.165, 1.54) is 5.57 Å². The fraction of sp³-hybridized carbons (Fsp3) is 0.684. The summed E-state index contributed by atoms with van der Waals surface area (Å²) in [4.78, 5) is 21.2. The topological polar surface area (TPSA) is 86.7 Å². The number of hydrogen-bond donors (Lipinski definition) is 1. The van der Waals surface area contributed by atoms with Gasteiger partial charge in [0.2, 0.25) is 0 Å². The summed E-state index contributed by atoms with van der Waals surface area (Å²) in [5, 5.41) is 18.5. The highest BCUT2D eigenvalue weighted by Gasteiger charge is 2.02. The van der Waals surface area contributed by atoms with Crippen LogP contribution in [0, 0.1) is 0 Å². The van der Waals surface area contributed by atoms with E-state index in [-0.39, 0.29) is 26.1 Å². The van der Waals surface area contributed by atoms with Crippen LogP contribution >= 0.6 is 0 Å². The molecule has 0 radical (unpaired) electrons. The van der Waals surface area contributed by atoms with Crippen molar-refractivity contribution in [3.8, 4) is 0 Å². The van der Waals surface area contributed by atoms with Gasteiger partial charge in [-0.2, -0.15) is 0 Å². The van der Waals surface area contributed by atoms with E-state index < -0.39 is 11.9 Å². The fourth-order valence-corrected chi connectivity index (χ4v) is 1.54. The SMILES string of the molecule is CC(C)=CCC/C(C)=C/COC(=O)CCC(=O)[O-].C[N+](C)(C)CCO. The molecule has 0 aliphatic rings. The molecule has 0 rings (SSSR count). The van der Waals surface area contributed by atoms with Crippen molar-refractivity contribution in [2.75, 3.05) is 40.9 Å². The Morgan fingerprint density at radius 1 is 1.04 bits per heavy atom. The maximum Gasteiger partial charge on any atom is 0.306 e. The average Bonchev–Trinajstić information content (AvgIpc) is 2.44. The van der Waals surface area contributed by atoms with E-state index in [4.69, 9.17) is 9.84 Å². The highest BCUT2D eigenvalue weighted by Crippen LogP contribution is 2.06. The van der Waals surface area contributed by atoms with Crippen LogP contribution in [0.1, 0.15) is 46.5 Å². The summed E-state index contributed by atoms with van der Waals surface area (Å²) in [6, 6.07) is 0. The summed E-state index contributed by atoms with van der Waals surface area (Å²) < 4.78 is 5.71. The molecule has 25 heavy (non-hydrogen) atoms. The molecule has 0 aliphatic carbocycles. The van der Waals surface area contributed by atoms with E-state index in [2.05, 4.69) is 41.1 Å². The minimum absolute atomic E-state index is 0.132. The Kier molecular flexibility index (Phi) is 15.0. The van der Waals surface area contributed by atoms with Crippen molar-refractivity contribution in [2.24, 2.45) is 0 Å². The number of rotatable bonds is 10. The van der Waals surface area contributed by atoms with Crippen molar-refractivity contribution in [3.63, 3.8) is 0 Å². The summed E-state index contributed by atoms with van der Waals surface area (Å²) in [5.74, 6) is -1.74. The number of esters is 1. The van der Waals surface area contributed by atoms with Gasteiger partial charge in [0.05, 0.1) is 34.2 Å². The first-order valence-electron chi connectivity index (χ1n) is 8.53. The number of likely N-dealkylation sites (N-methyl/N-ethyl adjacent to an activating group) is 1. The number of carboxylic acid groups (broad SMARTS) is 1. The van der Waals surface area contributed by atoms with Crippen molar-refractivity contribution in [1.29, 1.82) is 0 Å². The summed E-state index contributed by atoms with van der Waals surface area (Å²) >= 11 is 0. The predicted octanol–water partition coefficient (Wildman–Crippen LogP) is 1.44. The van der Waals surface area contributed by atoms with E-state index in [0.717, 1.165) is 29.4 Å². The average molecular weight is 357 g/mol. The number of carbonyl (C=O) groups is 2. The number of carboxylic acids is 1. The molecule has 1 N–H and O–H groups in total. The lowest BCUT2D eigenvalue weighted by Crippen LogP contribution is -2.36. The quantitative estimate of drug-likeness (QED) is 0.363. The van der Waals surface area contributed by atoms with Crippen LogP contribution in [0.25, 0.3) is 0 Å². The zero-order valence-corrected chi connectivity index (χ0v) is 16.6. The Bertz CT molecular complexity index is 443. The maximum absolute atomic E-state index is 11.1. The third-order valence-electron chi connectivity index (χ3n) is 3.07. The largest absolute Gasteiger partial charge is 0.550 e. The number of quaternary nitrogens is 1. The second kappa shape index (κ2) is 14.7. The molecule has 0 atom stereocenters. The van der Waals surface area contributed by atoms with Crippen molar-refractivity contribution in [3.05, 3.63) is 23.3 Å². The van der Waals surface area contributed by atoms with Crippen LogP contribution < -0.4 is 5.11 Å². The van der Waals surface area contributed by atoms with Crippen molar-refractivity contribution >= 4 is 11.9 Å². The van der Waals surface area contributed by atoms with E-state index in [1.807, 2.05) is 13.0 Å². The number of aliphatic hydroxyl groups is 1. The molecule has 0 heterocycles. The number of hydrogen-bond acceptors (Lipinski definition) is 5. The first-order chi connectivity index (χ1) is 11.5. The zero-order valence-electron chi connectivity index (χ0n) is 16.6. The van der Waals surface area contributed by atoms with E-state index in [1.54, 1.807) is 0 Å². The van der Waals surface area contributed by atoms with Crippen LogP contribution in [0.4, 0.5) is 0 Å². The molecule has 0 spiro atoms. The van der Waals surface area contributed by atoms with Gasteiger partial charge in [-0.1, -0.05) is 17.2 Å². The molecule has 0 aromatic rings. The van der Waals surface area contributed by atoms with Crippen molar-refractivity contribution < 1.29 is 29.0 Å². The van der Waals surface area contributed by atoms with Gasteiger partial charge in [0.25, 0.3) is 0 Å². The Morgan fingerprint density at radius 2 is 1.64 bits per heavy atom. The van der Waals surface area contributed by atoms with Gasteiger partial charge in [0, 0.05) is 5.97 Å². The van der Waals surface area contributed by atoms with Gasteiger partial charge in [0.15, 0.2) is 0 Å². The molecule has 146 valence electrons. The molecule has 6 heteroatoms. The van der Waals surface area contributed by atoms with Crippen LogP contribution in [0.3, 0.4) is 0 Å². The maximum atomic E-state index is 11.1. The highest BCUT2D eigenvalue weighted by molar-refractivity contribution is 5.75. The molecule has 0 saturated carbocycles. The first kappa shape index (κ1) is 25.6. The van der Waals surface area contributed by atoms with Gasteiger partial charge in [-0.05, 0) is 46.1 Å². The Balaban J connectivity index is 0. The third kappa shape index (κ3) is 24.7. The second-order valence-corrected chi connectivity index (χ2v) is 7.16. The molecule has 6 nitrogen and oxygen atoms in total. The van der Waals surface area contributed by atoms with Crippen molar-refractivity contribution in [2.45, 2.75) is 46.5 Å². The summed E-state index contributed by atoms with van der Waals surface area (Å²) in [5.41, 5.74) is 2.44. The van der Waals surface area contributed by atoms with Crippen LogP contribution in [-0.4, -0.2) is 62.4 Å². The molecule has 0 aliphatic heterocycles. The highest BCUT2D eigenvalue weighted by atomic mass is 16.5. The molecular weight excluding hydrogens is 322 g/mol. The van der Waals surface area contributed by atoms with Gasteiger partial charge in [-0.3, -0.25) is 4.79 Å². The monoisotopic (exact) mass is 357 g/mol. The molecule has 0 amide bonds. The molecule has 0 unspecified atom stereocenters. The van der Waals surface area contributed by atoms with Gasteiger partial charge in [-0.25, -0.2) is 0 Å². The van der Waals surface area contributed by atoms with Gasteiger partial charge >= 0.3 is 5.97 Å². The second-order valence-electron chi connectivity index (χ2n) is 7.16. The van der Waals surface area contributed by atoms with Crippen LogP contribution in [0.15, 0.2) is 23.3 Å². The summed E-state index contributed by atoms with van der Waals surface area (Å²) in [7, 11) is 6.16. The minimum atomic E-state index is -1.24. The van der Waals surface area contributed by atoms with Crippen LogP contribution in [0.5, 0.6) is 0 Å². The van der Waals surface area contributed by atoms with E-state index in [9.17, 15) is 14.7 Å². The lowest BCUT2D eigenvalue weighted by Gasteiger charge is -2.21. The predicted molar refractivity (Wildman–Crippen MR) is 97.6 cm³/mol. The number of aliphatic carboxylic acids is 1. The van der Waals surface area contributed by atoms with Gasteiger partial charge in [-0.15, -0.1) is 0 Å². The lowest BCUT2D eigenvalue weighted by molar-refractivity contribution is -0.870. The van der Waals surface area contributed by atoms with Gasteiger partial charge in [0.1, 0.15) is 13.2 Å². The molecule has 0 aromatic heterocycles. The molecular formula is C19H35NO5. The number of nitrogens with zero attached hydrogens (tertiary/aromatic N) is 1. The fourth-order valence-electron chi connectivity index (χ4n) is 1.54. The molecule has 0 fully saturated rings. The Labute approximate surface area is 152 Å². The van der Waals surface area contributed by atoms with Crippen molar-refractivity contribution in [1.82, 2.24) is 0 Å². The summed E-state index contributed by atoms with van der Waals surface area (Å²) in [6.45, 7) is 7.40. The van der Waals surface area contributed by atoms with E-state index >= 15 is 0 Å². The normalized spacial score (nSPS) is 11.2. The Hall–Kier alpha value is -1.66. The first-order valence-corrected chi connectivity index (χ1v) is 8.53. The number of allylic oxidation sites excluding steroid dienone is 3. The molecule has 0 saturated heterocycles. The minimum Gasteiger partial charge on any atom is -0.550 e. The lowest BCUT2D eigenvalue weighted by atomic mass is 10.1. The van der Waals surface area contributed by atoms with E-state index in [0.29, 0.717) is 0 Å². The Morgan fingerprint density at radius 3 is 2.04 bits per heavy atom.